The molecule has 0 radical (unpaired) electrons. The van der Waals surface area contributed by atoms with E-state index in [1.807, 2.05) is 18.2 Å². The van der Waals surface area contributed by atoms with Crippen LogP contribution in [0.4, 0.5) is 0 Å². The number of ether oxygens (including phenoxy) is 2. The van der Waals surface area contributed by atoms with E-state index in [0.29, 0.717) is 13.2 Å². The molecule has 1 saturated heterocycles. The molecule has 1 N–H and O–H groups in total. The fourth-order valence-corrected chi connectivity index (χ4v) is 1.96. The van der Waals surface area contributed by atoms with Crippen LogP contribution in [0.1, 0.15) is 18.9 Å². The Kier molecular flexibility index (Phi) is 5.12. The van der Waals surface area contributed by atoms with Crippen LogP contribution in [0.15, 0.2) is 30.3 Å². The molecule has 1 aromatic carbocycles. The van der Waals surface area contributed by atoms with Gasteiger partial charge >= 0.3 is 5.97 Å². The van der Waals surface area contributed by atoms with E-state index in [9.17, 15) is 9.59 Å². The second kappa shape index (κ2) is 7.05. The molecule has 2 unspecified atom stereocenters. The number of epoxide rings is 1. The zero-order valence-corrected chi connectivity index (χ0v) is 11.5. The van der Waals surface area contributed by atoms with Gasteiger partial charge in [0.15, 0.2) is 12.2 Å². The van der Waals surface area contributed by atoms with Crippen LogP contribution >= 0.6 is 0 Å². The predicted molar refractivity (Wildman–Crippen MR) is 73.1 cm³/mol. The Morgan fingerprint density at radius 2 is 2.00 bits per heavy atom. The van der Waals surface area contributed by atoms with Crippen molar-refractivity contribution < 1.29 is 19.1 Å². The van der Waals surface area contributed by atoms with Crippen molar-refractivity contribution >= 4 is 11.9 Å². The number of carbonyl (C=O) groups is 2. The Bertz CT molecular complexity index is 460. The highest BCUT2D eigenvalue weighted by Gasteiger charge is 2.51. The first-order valence-corrected chi connectivity index (χ1v) is 6.86. The molecule has 1 fully saturated rings. The second-order valence-corrected chi connectivity index (χ2v) is 4.61. The van der Waals surface area contributed by atoms with Crippen molar-refractivity contribution in [3.63, 3.8) is 0 Å². The van der Waals surface area contributed by atoms with Crippen LogP contribution in [0.25, 0.3) is 0 Å². The quantitative estimate of drug-likeness (QED) is 0.460. The number of benzene rings is 1. The van der Waals surface area contributed by atoms with Crippen molar-refractivity contribution in [3.8, 4) is 0 Å². The minimum atomic E-state index is -0.718. The SMILES string of the molecule is CCOC(=O)C1OC1C(=O)NCCCc1ccccc1. The lowest BCUT2D eigenvalue weighted by Gasteiger charge is -2.03. The minimum absolute atomic E-state index is 0.240. The third-order valence-electron chi connectivity index (χ3n) is 3.05. The Labute approximate surface area is 118 Å². The maximum atomic E-state index is 11.7. The van der Waals surface area contributed by atoms with E-state index >= 15 is 0 Å². The van der Waals surface area contributed by atoms with E-state index < -0.39 is 18.2 Å². The lowest BCUT2D eigenvalue weighted by molar-refractivity contribution is -0.144. The van der Waals surface area contributed by atoms with Gasteiger partial charge in [-0.25, -0.2) is 4.79 Å². The molecule has 108 valence electrons. The Hall–Kier alpha value is -1.88. The van der Waals surface area contributed by atoms with Crippen molar-refractivity contribution in [1.29, 1.82) is 0 Å². The van der Waals surface area contributed by atoms with Gasteiger partial charge in [-0.1, -0.05) is 30.3 Å². The fourth-order valence-electron chi connectivity index (χ4n) is 1.96. The molecule has 1 amide bonds. The Morgan fingerprint density at radius 1 is 1.25 bits per heavy atom. The number of nitrogens with one attached hydrogen (secondary N) is 1. The van der Waals surface area contributed by atoms with Gasteiger partial charge in [0.1, 0.15) is 0 Å². The number of amides is 1. The lowest BCUT2D eigenvalue weighted by atomic mass is 10.1. The van der Waals surface area contributed by atoms with Gasteiger partial charge in [0.25, 0.3) is 5.91 Å². The van der Waals surface area contributed by atoms with Crippen molar-refractivity contribution in [3.05, 3.63) is 35.9 Å². The number of hydrogen-bond acceptors (Lipinski definition) is 4. The lowest BCUT2D eigenvalue weighted by Crippen LogP contribution is -2.31. The minimum Gasteiger partial charge on any atom is -0.464 e. The van der Waals surface area contributed by atoms with E-state index in [1.54, 1.807) is 6.92 Å². The molecule has 0 saturated carbocycles. The summed E-state index contributed by atoms with van der Waals surface area (Å²) in [6.45, 7) is 2.59. The number of rotatable bonds is 7. The fraction of sp³-hybridized carbons (Fsp3) is 0.467. The number of carbonyl (C=O) groups excluding carboxylic acids is 2. The molecule has 20 heavy (non-hydrogen) atoms. The summed E-state index contributed by atoms with van der Waals surface area (Å²) in [5.41, 5.74) is 1.24. The molecule has 1 aliphatic rings. The van der Waals surface area contributed by atoms with Crippen molar-refractivity contribution in [2.45, 2.75) is 32.0 Å². The number of aryl methyl sites for hydroxylation is 1. The summed E-state index contributed by atoms with van der Waals surface area (Å²) >= 11 is 0. The van der Waals surface area contributed by atoms with E-state index in [4.69, 9.17) is 9.47 Å². The van der Waals surface area contributed by atoms with Gasteiger partial charge < -0.3 is 14.8 Å². The molecule has 0 aromatic heterocycles. The van der Waals surface area contributed by atoms with Crippen molar-refractivity contribution in [2.75, 3.05) is 13.2 Å². The highest BCUT2D eigenvalue weighted by atomic mass is 16.6. The third-order valence-corrected chi connectivity index (χ3v) is 3.05. The predicted octanol–water partition coefficient (Wildman–Crippen LogP) is 1.07. The normalized spacial score (nSPS) is 20.2. The van der Waals surface area contributed by atoms with Crippen LogP contribution < -0.4 is 5.32 Å². The average molecular weight is 277 g/mol. The average Bonchev–Trinajstić information content (AvgIpc) is 3.25. The summed E-state index contributed by atoms with van der Waals surface area (Å²) in [5.74, 6) is -0.701. The van der Waals surface area contributed by atoms with Gasteiger partial charge in [-0.2, -0.15) is 0 Å². The zero-order valence-electron chi connectivity index (χ0n) is 11.5. The maximum Gasteiger partial charge on any atom is 0.338 e. The Morgan fingerprint density at radius 3 is 2.70 bits per heavy atom. The zero-order chi connectivity index (χ0) is 14.4. The standard InChI is InChI=1S/C15H19NO4/c1-2-19-15(18)13-12(20-13)14(17)16-10-6-9-11-7-4-3-5-8-11/h3-5,7-8,12-13H,2,6,9-10H2,1H3,(H,16,17). The largest absolute Gasteiger partial charge is 0.464 e. The molecule has 2 rings (SSSR count). The molecule has 5 nitrogen and oxygen atoms in total. The van der Waals surface area contributed by atoms with Crippen LogP contribution in [0.3, 0.4) is 0 Å². The van der Waals surface area contributed by atoms with E-state index in [2.05, 4.69) is 17.4 Å². The molecule has 0 spiro atoms. The van der Waals surface area contributed by atoms with Crippen LogP contribution in [0.5, 0.6) is 0 Å². The van der Waals surface area contributed by atoms with Gasteiger partial charge in [0, 0.05) is 6.54 Å². The third kappa shape index (κ3) is 4.06. The molecule has 5 heteroatoms. The molecule has 1 aromatic rings. The smallest absolute Gasteiger partial charge is 0.338 e. The first kappa shape index (κ1) is 14.5. The second-order valence-electron chi connectivity index (χ2n) is 4.61. The van der Waals surface area contributed by atoms with Crippen molar-refractivity contribution in [1.82, 2.24) is 5.32 Å². The van der Waals surface area contributed by atoms with E-state index in [-0.39, 0.29) is 5.91 Å². The van der Waals surface area contributed by atoms with Gasteiger partial charge in [0.2, 0.25) is 0 Å². The first-order chi connectivity index (χ1) is 9.72. The number of esters is 1. The monoisotopic (exact) mass is 277 g/mol. The molecule has 1 aliphatic heterocycles. The first-order valence-electron chi connectivity index (χ1n) is 6.86. The highest BCUT2D eigenvalue weighted by molar-refractivity contribution is 5.92. The number of hydrogen-bond donors (Lipinski definition) is 1. The van der Waals surface area contributed by atoms with Crippen molar-refractivity contribution in [2.24, 2.45) is 0 Å². The van der Waals surface area contributed by atoms with Gasteiger partial charge in [-0.05, 0) is 25.3 Å². The van der Waals surface area contributed by atoms with E-state index in [0.717, 1.165) is 12.8 Å². The molecule has 1 heterocycles. The Balaban J connectivity index is 1.61. The van der Waals surface area contributed by atoms with Crippen LogP contribution in [0, 0.1) is 0 Å². The summed E-state index contributed by atoms with van der Waals surface area (Å²) in [6.07, 6.45) is 0.371. The molecule has 0 aliphatic carbocycles. The van der Waals surface area contributed by atoms with Crippen LogP contribution in [-0.2, 0) is 25.5 Å². The summed E-state index contributed by atoms with van der Waals surface area (Å²) in [6, 6.07) is 10.1. The summed E-state index contributed by atoms with van der Waals surface area (Å²) in [4.78, 5) is 23.0. The molecule has 0 bridgehead atoms. The van der Waals surface area contributed by atoms with Gasteiger partial charge in [-0.3, -0.25) is 4.79 Å². The summed E-state index contributed by atoms with van der Waals surface area (Å²) < 4.78 is 9.81. The molecule has 2 atom stereocenters. The van der Waals surface area contributed by atoms with Gasteiger partial charge in [-0.15, -0.1) is 0 Å². The molecular formula is C15H19NO4. The van der Waals surface area contributed by atoms with E-state index in [1.165, 1.54) is 5.56 Å². The molecular weight excluding hydrogens is 258 g/mol. The topological polar surface area (TPSA) is 67.9 Å². The van der Waals surface area contributed by atoms with Gasteiger partial charge in [0.05, 0.1) is 6.61 Å². The van der Waals surface area contributed by atoms with Crippen LogP contribution in [-0.4, -0.2) is 37.2 Å². The van der Waals surface area contributed by atoms with Crippen LogP contribution in [0.2, 0.25) is 0 Å². The highest BCUT2D eigenvalue weighted by Crippen LogP contribution is 2.23. The summed E-state index contributed by atoms with van der Waals surface area (Å²) in [5, 5.41) is 2.77. The maximum absolute atomic E-state index is 11.7. The summed E-state index contributed by atoms with van der Waals surface area (Å²) in [7, 11) is 0.